The Morgan fingerprint density at radius 2 is 2.24 bits per heavy atom. The van der Waals surface area contributed by atoms with Crippen LogP contribution in [0.5, 0.6) is 0 Å². The molecule has 0 spiro atoms. The van der Waals surface area contributed by atoms with Gasteiger partial charge in [-0.2, -0.15) is 0 Å². The number of amides is 1. The molecule has 1 radical (unpaired) electrons. The van der Waals surface area contributed by atoms with Crippen molar-refractivity contribution in [3.05, 3.63) is 35.7 Å². The zero-order valence-electron chi connectivity index (χ0n) is 9.02. The van der Waals surface area contributed by atoms with Crippen LogP contribution < -0.4 is 4.90 Å². The van der Waals surface area contributed by atoms with Gasteiger partial charge in [0, 0.05) is 17.1 Å². The second kappa shape index (κ2) is 4.37. The maximum absolute atomic E-state index is 11.7. The van der Waals surface area contributed by atoms with Gasteiger partial charge in [-0.15, -0.1) is 0 Å². The summed E-state index contributed by atoms with van der Waals surface area (Å²) < 4.78 is 0. The van der Waals surface area contributed by atoms with E-state index in [0.29, 0.717) is 22.7 Å². The number of hydrogen-bond acceptors (Lipinski definition) is 2. The fourth-order valence-corrected chi connectivity index (χ4v) is 2.15. The van der Waals surface area contributed by atoms with Gasteiger partial charge < -0.3 is 5.11 Å². The molecule has 1 aliphatic rings. The fourth-order valence-electron chi connectivity index (χ4n) is 1.98. The van der Waals surface area contributed by atoms with E-state index in [9.17, 15) is 9.59 Å². The van der Waals surface area contributed by atoms with Crippen LogP contribution in [0.1, 0.15) is 18.4 Å². The summed E-state index contributed by atoms with van der Waals surface area (Å²) in [6, 6.07) is 4.08. The molecule has 0 bridgehead atoms. The molecule has 1 amide bonds. The first-order valence-corrected chi connectivity index (χ1v) is 5.55. The average molecular weight is 253 g/mol. The molecule has 1 atom stereocenters. The summed E-state index contributed by atoms with van der Waals surface area (Å²) in [5.74, 6) is -1.21. The molecule has 0 aliphatic carbocycles. The molecule has 89 valence electrons. The summed E-state index contributed by atoms with van der Waals surface area (Å²) in [5.41, 5.74) is 1.07. The number of carboxylic acids is 1. The van der Waals surface area contributed by atoms with Crippen LogP contribution in [0.3, 0.4) is 0 Å². The van der Waals surface area contributed by atoms with Gasteiger partial charge in [0.05, 0.1) is 0 Å². The van der Waals surface area contributed by atoms with Gasteiger partial charge >= 0.3 is 5.97 Å². The fraction of sp³-hybridized carbons (Fsp3) is 0.250. The van der Waals surface area contributed by atoms with Gasteiger partial charge in [0.1, 0.15) is 6.04 Å². The van der Waals surface area contributed by atoms with Gasteiger partial charge in [0.25, 0.3) is 0 Å². The van der Waals surface area contributed by atoms with Crippen molar-refractivity contribution >= 4 is 29.2 Å². The minimum absolute atomic E-state index is 0.204. The Kier molecular flexibility index (Phi) is 3.07. The highest BCUT2D eigenvalue weighted by Gasteiger charge is 2.37. The lowest BCUT2D eigenvalue weighted by Gasteiger charge is -2.23. The van der Waals surface area contributed by atoms with Crippen LogP contribution in [-0.4, -0.2) is 23.0 Å². The summed E-state index contributed by atoms with van der Waals surface area (Å²) in [6.07, 6.45) is 0.559. The molecule has 1 heterocycles. The first kappa shape index (κ1) is 11.9. The van der Waals surface area contributed by atoms with Crippen molar-refractivity contribution in [3.8, 4) is 0 Å². The minimum Gasteiger partial charge on any atom is -0.480 e. The van der Waals surface area contributed by atoms with E-state index in [4.69, 9.17) is 16.7 Å². The third-order valence-corrected chi connectivity index (χ3v) is 3.04. The molecule has 1 aromatic carbocycles. The van der Waals surface area contributed by atoms with Crippen LogP contribution >= 0.6 is 11.6 Å². The lowest BCUT2D eigenvalue weighted by atomic mass is 10.1. The first-order chi connectivity index (χ1) is 8.00. The summed E-state index contributed by atoms with van der Waals surface area (Å²) in [4.78, 5) is 24.1. The first-order valence-electron chi connectivity index (χ1n) is 5.17. The Labute approximate surface area is 104 Å². The Morgan fingerprint density at radius 3 is 2.88 bits per heavy atom. The molecule has 0 aromatic heterocycles. The van der Waals surface area contributed by atoms with Crippen molar-refractivity contribution in [1.29, 1.82) is 0 Å². The molecule has 1 fully saturated rings. The van der Waals surface area contributed by atoms with Crippen molar-refractivity contribution in [3.63, 3.8) is 0 Å². The van der Waals surface area contributed by atoms with Crippen molar-refractivity contribution in [1.82, 2.24) is 0 Å². The highest BCUT2D eigenvalue weighted by molar-refractivity contribution is 6.31. The Hall–Kier alpha value is -1.55. The number of carbonyl (C=O) groups is 2. The second-order valence-corrected chi connectivity index (χ2v) is 4.37. The maximum atomic E-state index is 11.7. The van der Waals surface area contributed by atoms with Crippen molar-refractivity contribution in [2.24, 2.45) is 0 Å². The average Bonchev–Trinajstić information content (AvgIpc) is 2.64. The molecule has 17 heavy (non-hydrogen) atoms. The molecule has 4 nitrogen and oxygen atoms in total. The van der Waals surface area contributed by atoms with Crippen LogP contribution in [0.2, 0.25) is 5.02 Å². The van der Waals surface area contributed by atoms with E-state index in [2.05, 4.69) is 6.92 Å². The van der Waals surface area contributed by atoms with E-state index in [0.717, 1.165) is 0 Å². The van der Waals surface area contributed by atoms with E-state index in [1.165, 1.54) is 4.90 Å². The van der Waals surface area contributed by atoms with Gasteiger partial charge in [-0.05, 0) is 31.0 Å². The van der Waals surface area contributed by atoms with Crippen molar-refractivity contribution in [2.75, 3.05) is 4.90 Å². The lowest BCUT2D eigenvalue weighted by molar-refractivity contribution is -0.138. The summed E-state index contributed by atoms with van der Waals surface area (Å²) in [7, 11) is 0. The van der Waals surface area contributed by atoms with E-state index >= 15 is 0 Å². The third kappa shape index (κ3) is 2.13. The van der Waals surface area contributed by atoms with Gasteiger partial charge in [0.2, 0.25) is 5.91 Å². The van der Waals surface area contributed by atoms with Crippen molar-refractivity contribution < 1.29 is 14.7 Å². The van der Waals surface area contributed by atoms with E-state index in [1.54, 1.807) is 18.2 Å². The zero-order valence-corrected chi connectivity index (χ0v) is 9.78. The monoisotopic (exact) mass is 252 g/mol. The number of anilines is 1. The molecule has 1 unspecified atom stereocenters. The summed E-state index contributed by atoms with van der Waals surface area (Å²) in [5, 5.41) is 9.53. The van der Waals surface area contributed by atoms with E-state index in [-0.39, 0.29) is 12.3 Å². The summed E-state index contributed by atoms with van der Waals surface area (Å²) >= 11 is 5.86. The Morgan fingerprint density at radius 1 is 1.53 bits per heavy atom. The van der Waals surface area contributed by atoms with Crippen LogP contribution in [-0.2, 0) is 9.59 Å². The number of halogens is 1. The molecule has 5 heteroatoms. The number of hydrogen-bond donors (Lipinski definition) is 1. The van der Waals surface area contributed by atoms with Crippen LogP contribution in [0.4, 0.5) is 5.69 Å². The Bertz CT molecular complexity index is 487. The van der Waals surface area contributed by atoms with E-state index in [1.807, 2.05) is 0 Å². The molecular formula is C12H11ClNO3. The van der Waals surface area contributed by atoms with Crippen molar-refractivity contribution in [2.45, 2.75) is 18.9 Å². The largest absolute Gasteiger partial charge is 0.480 e. The van der Waals surface area contributed by atoms with Gasteiger partial charge in [-0.3, -0.25) is 9.69 Å². The standard InChI is InChI=1S/C12H11ClNO3/c1-7-2-3-8(13)6-10(7)14-9(12(16)17)4-5-11(14)15/h2-3,6,9H,1,4-5H2,(H,16,17). The molecule has 2 rings (SSSR count). The molecule has 1 aliphatic heterocycles. The maximum Gasteiger partial charge on any atom is 0.326 e. The number of rotatable bonds is 2. The van der Waals surface area contributed by atoms with Gasteiger partial charge in [-0.25, -0.2) is 4.79 Å². The van der Waals surface area contributed by atoms with Crippen LogP contribution in [0.15, 0.2) is 18.2 Å². The topological polar surface area (TPSA) is 57.6 Å². The highest BCUT2D eigenvalue weighted by Crippen LogP contribution is 2.31. The number of nitrogens with zero attached hydrogens (tertiary/aromatic N) is 1. The minimum atomic E-state index is -1.00. The third-order valence-electron chi connectivity index (χ3n) is 2.80. The lowest BCUT2D eigenvalue weighted by Crippen LogP contribution is -2.38. The number of benzene rings is 1. The predicted molar refractivity (Wildman–Crippen MR) is 64.1 cm³/mol. The number of carboxylic acid groups (broad SMARTS) is 1. The molecule has 1 saturated heterocycles. The van der Waals surface area contributed by atoms with Gasteiger partial charge in [0.15, 0.2) is 0 Å². The summed E-state index contributed by atoms with van der Waals surface area (Å²) in [6.45, 7) is 3.79. The second-order valence-electron chi connectivity index (χ2n) is 3.93. The zero-order chi connectivity index (χ0) is 12.6. The SMILES string of the molecule is [CH2]c1ccc(Cl)cc1N1C(=O)CCC1C(=O)O. The molecule has 0 saturated carbocycles. The molecule has 1 aromatic rings. The Balaban J connectivity index is 2.46. The molecular weight excluding hydrogens is 242 g/mol. The smallest absolute Gasteiger partial charge is 0.326 e. The van der Waals surface area contributed by atoms with Gasteiger partial charge in [-0.1, -0.05) is 17.7 Å². The normalized spacial score (nSPS) is 19.8. The quantitative estimate of drug-likeness (QED) is 0.877. The highest BCUT2D eigenvalue weighted by atomic mass is 35.5. The molecule has 1 N–H and O–H groups in total. The number of carbonyl (C=O) groups excluding carboxylic acids is 1. The van der Waals surface area contributed by atoms with Crippen LogP contribution in [0, 0.1) is 6.92 Å². The van der Waals surface area contributed by atoms with Crippen LogP contribution in [0.25, 0.3) is 0 Å². The van der Waals surface area contributed by atoms with E-state index < -0.39 is 12.0 Å². The predicted octanol–water partition coefficient (Wildman–Crippen LogP) is 2.10. The number of aliphatic carboxylic acids is 1.